The zero-order chi connectivity index (χ0) is 47.2. The maximum absolute atomic E-state index is 13.1. The van der Waals surface area contributed by atoms with Gasteiger partial charge < -0.3 is 10.2 Å². The number of hydrogen-bond acceptors (Lipinski definition) is 11. The van der Waals surface area contributed by atoms with Crippen LogP contribution in [0.1, 0.15) is 55.6 Å². The SMILES string of the molecule is C=C1N=C(/C=C/C=C/C=C/C=C2/N(CCCS(=O)(=O)O)c3ccc(S(=O)(=O)O)cc3C2(C)c2ccc(C(=O)NCCN3C(=O)C=CC3=O)cc2)C(C)(C)/C1=C/C(=C\C)C(=O)N(C)OC. The first-order chi connectivity index (χ1) is 30.0. The van der Waals surface area contributed by atoms with Crippen molar-refractivity contribution in [1.82, 2.24) is 15.3 Å². The van der Waals surface area contributed by atoms with E-state index >= 15 is 0 Å². The molecule has 16 nitrogen and oxygen atoms in total. The molecule has 0 aliphatic carbocycles. The van der Waals surface area contributed by atoms with Crippen LogP contribution >= 0.6 is 0 Å². The van der Waals surface area contributed by atoms with Crippen LogP contribution in [0.15, 0.2) is 148 Å². The lowest BCUT2D eigenvalue weighted by atomic mass is 9.75. The molecule has 4 amide bonds. The van der Waals surface area contributed by atoms with Gasteiger partial charge >= 0.3 is 0 Å². The average molecular weight is 914 g/mol. The number of likely N-dealkylation sites (N-methyl/N-ethyl adjacent to an activating group) is 1. The number of carbonyl (C=O) groups excluding carboxylic acids is 4. The number of amides is 4. The Hall–Kier alpha value is -6.31. The van der Waals surface area contributed by atoms with Gasteiger partial charge in [0.2, 0.25) is 0 Å². The van der Waals surface area contributed by atoms with Crippen LogP contribution in [0.5, 0.6) is 0 Å². The van der Waals surface area contributed by atoms with Gasteiger partial charge in [-0.25, -0.2) is 5.06 Å². The highest BCUT2D eigenvalue weighted by molar-refractivity contribution is 7.86. The summed E-state index contributed by atoms with van der Waals surface area (Å²) in [6.45, 7) is 11.8. The summed E-state index contributed by atoms with van der Waals surface area (Å²) < 4.78 is 67.9. The Balaban J connectivity index is 1.45. The van der Waals surface area contributed by atoms with Crippen molar-refractivity contribution < 1.29 is 50.0 Å². The number of hydrogen-bond donors (Lipinski definition) is 3. The summed E-state index contributed by atoms with van der Waals surface area (Å²) in [4.78, 5) is 61.9. The fourth-order valence-electron chi connectivity index (χ4n) is 7.57. The Morgan fingerprint density at radius 1 is 0.922 bits per heavy atom. The molecule has 0 spiro atoms. The molecule has 3 heterocycles. The first kappa shape index (κ1) is 48.7. The summed E-state index contributed by atoms with van der Waals surface area (Å²) in [5, 5.41) is 3.83. The van der Waals surface area contributed by atoms with Crippen molar-refractivity contribution in [2.24, 2.45) is 10.4 Å². The third-order valence-electron chi connectivity index (χ3n) is 11.2. The molecular formula is C46H51N5O11S2. The molecule has 0 bridgehead atoms. The van der Waals surface area contributed by atoms with Crippen LogP contribution < -0.4 is 10.2 Å². The van der Waals surface area contributed by atoms with Gasteiger partial charge in [0.1, 0.15) is 0 Å². The third-order valence-corrected chi connectivity index (χ3v) is 12.8. The number of aliphatic imine (C=N–C) groups is 1. The Bertz CT molecular complexity index is 2710. The molecule has 0 fully saturated rings. The molecule has 0 saturated heterocycles. The van der Waals surface area contributed by atoms with Crippen LogP contribution in [0.2, 0.25) is 0 Å². The predicted molar refractivity (Wildman–Crippen MR) is 243 cm³/mol. The second-order valence-corrected chi connectivity index (χ2v) is 18.6. The van der Waals surface area contributed by atoms with Crippen molar-refractivity contribution in [2.45, 2.75) is 44.4 Å². The minimum absolute atomic E-state index is 0.00403. The smallest absolute Gasteiger partial charge is 0.294 e. The lowest BCUT2D eigenvalue weighted by molar-refractivity contribution is -0.163. The number of carbonyl (C=O) groups is 4. The molecule has 64 heavy (non-hydrogen) atoms. The number of fused-ring (bicyclic) bond motifs is 1. The number of imide groups is 1. The number of allylic oxidation sites excluding steroid dienone is 10. The minimum Gasteiger partial charge on any atom is -0.350 e. The summed E-state index contributed by atoms with van der Waals surface area (Å²) in [7, 11) is -6.04. The van der Waals surface area contributed by atoms with Gasteiger partial charge in [-0.05, 0) is 85.5 Å². The fraction of sp³-hybridized carbons (Fsp3) is 0.283. The standard InChI is InChI=1S/C46H51N5O11S2/c1-8-32(44(55)49(6)62-7)29-36-31(2)48-39(45(36,3)4)15-12-10-9-11-13-16-40-46(5,34-19-17-33(18-20-34)43(54)47-25-27-51-41(52)23-24-42(51)53)37-30-35(64(59,60)61)21-22-38(37)50(40)26-14-28-63(56,57)58/h8-13,15-24,29-30H,2,14,25-28H2,1,3-7H3,(H,47,54)(H,56,57,58)(H,59,60,61)/b10-9+,13-11+,15-12+,32-8+,36-29+,40-16+. The summed E-state index contributed by atoms with van der Waals surface area (Å²) in [6.07, 6.45) is 18.3. The monoisotopic (exact) mass is 913 g/mol. The molecule has 3 N–H and O–H groups in total. The molecule has 18 heteroatoms. The number of benzene rings is 2. The fourth-order valence-corrected chi connectivity index (χ4v) is 8.57. The van der Waals surface area contributed by atoms with Gasteiger partial charge in [0.25, 0.3) is 43.9 Å². The van der Waals surface area contributed by atoms with Crippen LogP contribution in [-0.2, 0) is 44.9 Å². The quantitative estimate of drug-likeness (QED) is 0.0595. The van der Waals surface area contributed by atoms with Gasteiger partial charge in [-0.2, -0.15) is 16.8 Å². The van der Waals surface area contributed by atoms with Crippen molar-refractivity contribution in [1.29, 1.82) is 0 Å². The van der Waals surface area contributed by atoms with E-state index in [4.69, 9.17) is 4.84 Å². The van der Waals surface area contributed by atoms with E-state index in [0.29, 0.717) is 33.8 Å². The number of nitrogens with zero attached hydrogens (tertiary/aromatic N) is 4. The Kier molecular flexibility index (Phi) is 14.9. The zero-order valence-corrected chi connectivity index (χ0v) is 37.9. The molecule has 0 saturated carbocycles. The normalized spacial score (nSPS) is 20.2. The van der Waals surface area contributed by atoms with Crippen LogP contribution in [0, 0.1) is 5.41 Å². The first-order valence-corrected chi connectivity index (χ1v) is 23.1. The van der Waals surface area contributed by atoms with E-state index in [1.165, 1.54) is 32.4 Å². The largest absolute Gasteiger partial charge is 0.350 e. The van der Waals surface area contributed by atoms with Gasteiger partial charge in [-0.3, -0.25) is 43.0 Å². The van der Waals surface area contributed by atoms with Gasteiger partial charge in [0.05, 0.1) is 34.6 Å². The molecule has 0 radical (unpaired) electrons. The van der Waals surface area contributed by atoms with E-state index in [1.807, 2.05) is 37.8 Å². The van der Waals surface area contributed by atoms with E-state index in [9.17, 15) is 45.1 Å². The molecule has 3 aliphatic heterocycles. The van der Waals surface area contributed by atoms with E-state index in [-0.39, 0.29) is 42.4 Å². The second kappa shape index (κ2) is 19.6. The van der Waals surface area contributed by atoms with Crippen LogP contribution in [0.3, 0.4) is 0 Å². The molecule has 1 atom stereocenters. The zero-order valence-electron chi connectivity index (χ0n) is 36.3. The van der Waals surface area contributed by atoms with Crippen molar-refractivity contribution in [3.05, 3.63) is 155 Å². The number of anilines is 1. The lowest BCUT2D eigenvalue weighted by Gasteiger charge is -2.31. The molecule has 2 aromatic carbocycles. The van der Waals surface area contributed by atoms with Crippen molar-refractivity contribution in [3.8, 4) is 0 Å². The topological polar surface area (TPSA) is 220 Å². The number of rotatable bonds is 17. The van der Waals surface area contributed by atoms with E-state index in [2.05, 4.69) is 16.9 Å². The van der Waals surface area contributed by atoms with Crippen molar-refractivity contribution >= 4 is 55.3 Å². The molecule has 2 aromatic rings. The van der Waals surface area contributed by atoms with Crippen LogP contribution in [0.25, 0.3) is 0 Å². The summed E-state index contributed by atoms with van der Waals surface area (Å²) in [6, 6.07) is 10.6. The second-order valence-electron chi connectivity index (χ2n) is 15.6. The Labute approximate surface area is 373 Å². The summed E-state index contributed by atoms with van der Waals surface area (Å²) in [5.41, 5.74) is 3.19. The summed E-state index contributed by atoms with van der Waals surface area (Å²) >= 11 is 0. The Morgan fingerprint density at radius 2 is 1.56 bits per heavy atom. The molecule has 3 aliphatic rings. The van der Waals surface area contributed by atoms with Crippen LogP contribution in [0.4, 0.5) is 5.69 Å². The predicted octanol–water partition coefficient (Wildman–Crippen LogP) is 5.43. The average Bonchev–Trinajstić information content (AvgIpc) is 3.77. The minimum atomic E-state index is -4.65. The summed E-state index contributed by atoms with van der Waals surface area (Å²) in [5.74, 6) is -2.26. The van der Waals surface area contributed by atoms with Crippen molar-refractivity contribution in [3.63, 3.8) is 0 Å². The van der Waals surface area contributed by atoms with Gasteiger partial charge in [-0.15, -0.1) is 0 Å². The molecule has 338 valence electrons. The Morgan fingerprint density at radius 3 is 2.17 bits per heavy atom. The van der Waals surface area contributed by atoms with Crippen LogP contribution in [-0.4, -0.2) is 105 Å². The van der Waals surface area contributed by atoms with Gasteiger partial charge in [0, 0.05) is 66.8 Å². The molecular weight excluding hydrogens is 863 g/mol. The van der Waals surface area contributed by atoms with E-state index < -0.39 is 54.5 Å². The number of nitrogens with one attached hydrogen (secondary N) is 1. The highest BCUT2D eigenvalue weighted by Gasteiger charge is 2.45. The molecule has 0 aromatic heterocycles. The number of hydroxylamine groups is 2. The molecule has 1 unspecified atom stereocenters. The van der Waals surface area contributed by atoms with Gasteiger partial charge in [0.15, 0.2) is 0 Å². The van der Waals surface area contributed by atoms with E-state index in [1.54, 1.807) is 73.7 Å². The highest BCUT2D eigenvalue weighted by Crippen LogP contribution is 2.52. The lowest BCUT2D eigenvalue weighted by Crippen LogP contribution is -2.38. The molecule has 5 rings (SSSR count). The third kappa shape index (κ3) is 10.7. The van der Waals surface area contributed by atoms with E-state index in [0.717, 1.165) is 33.4 Å². The first-order valence-electron chi connectivity index (χ1n) is 20.0. The maximum atomic E-state index is 13.1. The highest BCUT2D eigenvalue weighted by atomic mass is 32.2. The van der Waals surface area contributed by atoms with Gasteiger partial charge in [-0.1, -0.05) is 69.0 Å². The maximum Gasteiger partial charge on any atom is 0.294 e. The van der Waals surface area contributed by atoms with Crippen molar-refractivity contribution in [2.75, 3.05) is 44.4 Å².